The zero-order valence-electron chi connectivity index (χ0n) is 12.2. The van der Waals surface area contributed by atoms with Gasteiger partial charge in [0.25, 0.3) is 5.91 Å². The van der Waals surface area contributed by atoms with Crippen LogP contribution in [0.3, 0.4) is 0 Å². The molecule has 1 saturated carbocycles. The summed E-state index contributed by atoms with van der Waals surface area (Å²) in [5.41, 5.74) is 6.28. The molecule has 3 N–H and O–H groups in total. The lowest BCUT2D eigenvalue weighted by molar-refractivity contribution is 0.0939. The van der Waals surface area contributed by atoms with Crippen molar-refractivity contribution in [2.75, 3.05) is 6.54 Å². The van der Waals surface area contributed by atoms with E-state index in [2.05, 4.69) is 10.3 Å². The predicted molar refractivity (Wildman–Crippen MR) is 87.5 cm³/mol. The number of nitrogens with zero attached hydrogens (tertiary/aromatic N) is 1. The Morgan fingerprint density at radius 1 is 1.48 bits per heavy atom. The van der Waals surface area contributed by atoms with Crippen LogP contribution in [0.5, 0.6) is 5.75 Å². The zero-order valence-corrected chi connectivity index (χ0v) is 13.9. The van der Waals surface area contributed by atoms with Crippen LogP contribution in [0.2, 0.25) is 0 Å². The fourth-order valence-corrected chi connectivity index (χ4v) is 1.90. The van der Waals surface area contributed by atoms with Gasteiger partial charge in [0, 0.05) is 18.8 Å². The number of nitrogens with one attached hydrogen (secondary N) is 1. The van der Waals surface area contributed by atoms with Gasteiger partial charge in [-0.3, -0.25) is 4.79 Å². The van der Waals surface area contributed by atoms with Gasteiger partial charge in [-0.25, -0.2) is 4.98 Å². The van der Waals surface area contributed by atoms with Gasteiger partial charge >= 0.3 is 0 Å². The van der Waals surface area contributed by atoms with Crippen molar-refractivity contribution in [1.29, 1.82) is 0 Å². The number of nitrogens with two attached hydrogens (primary N) is 1. The Balaban J connectivity index is 0.00000200. The average Bonchev–Trinajstić information content (AvgIpc) is 3.19. The summed E-state index contributed by atoms with van der Waals surface area (Å²) in [7, 11) is 0. The van der Waals surface area contributed by atoms with Crippen LogP contribution in [-0.4, -0.2) is 29.6 Å². The lowest BCUT2D eigenvalue weighted by atomic mass is 10.2. The summed E-state index contributed by atoms with van der Waals surface area (Å²) in [6, 6.07) is 3.55. The van der Waals surface area contributed by atoms with Gasteiger partial charge in [0.2, 0.25) is 0 Å². The third-order valence-electron chi connectivity index (χ3n) is 3.07. The molecule has 7 heteroatoms. The van der Waals surface area contributed by atoms with Crippen LogP contribution in [0, 0.1) is 5.92 Å². The lowest BCUT2D eigenvalue weighted by Crippen LogP contribution is -2.39. The van der Waals surface area contributed by atoms with Crippen molar-refractivity contribution < 1.29 is 9.53 Å². The molecule has 0 bridgehead atoms. The molecule has 1 aromatic rings. The van der Waals surface area contributed by atoms with E-state index >= 15 is 0 Å². The highest BCUT2D eigenvalue weighted by Crippen LogP contribution is 2.31. The summed E-state index contributed by atoms with van der Waals surface area (Å²) in [5.74, 6) is 0.845. The summed E-state index contributed by atoms with van der Waals surface area (Å²) < 4.78 is 5.58. The molecular weight excluding hydrogens is 313 g/mol. The summed E-state index contributed by atoms with van der Waals surface area (Å²) in [6.07, 6.45) is 3.93. The molecule has 1 aliphatic carbocycles. The molecule has 0 spiro atoms. The van der Waals surface area contributed by atoms with Crippen molar-refractivity contribution in [3.05, 3.63) is 24.0 Å². The molecule has 1 aromatic heterocycles. The second-order valence-corrected chi connectivity index (χ2v) is 5.23. The number of carbonyl (C=O) groups excluding carboxylic acids is 1. The highest BCUT2D eigenvalue weighted by atomic mass is 35.5. The number of hydrogen-bond acceptors (Lipinski definition) is 4. The summed E-state index contributed by atoms with van der Waals surface area (Å²) in [4.78, 5) is 16.2. The molecule has 1 amide bonds. The van der Waals surface area contributed by atoms with Crippen molar-refractivity contribution in [3.8, 4) is 5.75 Å². The fourth-order valence-electron chi connectivity index (χ4n) is 1.90. The number of ether oxygens (including phenoxy) is 1. The Hall–Kier alpha value is -1.04. The molecule has 0 radical (unpaired) electrons. The normalized spacial score (nSPS) is 14.7. The summed E-state index contributed by atoms with van der Waals surface area (Å²) in [6.45, 7) is 4.32. The molecule has 120 valence electrons. The molecule has 0 saturated heterocycles. The van der Waals surface area contributed by atoms with Gasteiger partial charge in [-0.1, -0.05) is 0 Å². The van der Waals surface area contributed by atoms with E-state index in [4.69, 9.17) is 10.5 Å². The second kappa shape index (κ2) is 9.07. The molecule has 1 unspecified atom stereocenters. The maximum Gasteiger partial charge on any atom is 0.273 e. The van der Waals surface area contributed by atoms with Crippen molar-refractivity contribution in [2.45, 2.75) is 38.8 Å². The molecule has 21 heavy (non-hydrogen) atoms. The number of pyridine rings is 1. The average molecular weight is 336 g/mol. The van der Waals surface area contributed by atoms with Crippen LogP contribution >= 0.6 is 24.8 Å². The monoisotopic (exact) mass is 335 g/mol. The Labute approximate surface area is 137 Å². The van der Waals surface area contributed by atoms with Crippen molar-refractivity contribution in [3.63, 3.8) is 0 Å². The maximum absolute atomic E-state index is 12.1. The van der Waals surface area contributed by atoms with Crippen molar-refractivity contribution >= 4 is 30.7 Å². The van der Waals surface area contributed by atoms with Crippen LogP contribution in [0.4, 0.5) is 0 Å². The van der Waals surface area contributed by atoms with Crippen LogP contribution in [0.15, 0.2) is 18.3 Å². The molecule has 1 aliphatic rings. The highest BCUT2D eigenvalue weighted by molar-refractivity contribution is 5.94. The molecule has 2 rings (SSSR count). The van der Waals surface area contributed by atoms with Gasteiger partial charge in [-0.2, -0.15) is 0 Å². The van der Waals surface area contributed by atoms with Crippen LogP contribution < -0.4 is 15.8 Å². The zero-order chi connectivity index (χ0) is 13.8. The third kappa shape index (κ3) is 6.08. The Morgan fingerprint density at radius 3 is 2.71 bits per heavy atom. The minimum atomic E-state index is -0.229. The van der Waals surface area contributed by atoms with E-state index in [0.717, 1.165) is 0 Å². The first-order valence-corrected chi connectivity index (χ1v) is 6.73. The Kier molecular flexibility index (Phi) is 8.63. The minimum Gasteiger partial charge on any atom is -0.489 e. The number of amides is 1. The number of hydrogen-bond donors (Lipinski definition) is 2. The molecular formula is C14H23Cl2N3O2. The number of halogens is 2. The van der Waals surface area contributed by atoms with Crippen LogP contribution in [-0.2, 0) is 0 Å². The minimum absolute atomic E-state index is 0. The largest absolute Gasteiger partial charge is 0.489 e. The standard InChI is InChI=1S/C14H21N3O2.2ClH/c1-9(2)19-12-4-3-7-16-13(12)14(18)17-8-11(15)10-5-6-10;;/h3-4,7,9-11H,5-6,8,15H2,1-2H3,(H,17,18);2*1H. The molecule has 1 fully saturated rings. The molecule has 1 atom stereocenters. The SMILES string of the molecule is CC(C)Oc1cccnc1C(=O)NCC(N)C1CC1.Cl.Cl. The predicted octanol–water partition coefficient (Wildman–Crippen LogP) is 2.18. The van der Waals surface area contributed by atoms with Crippen LogP contribution in [0.1, 0.15) is 37.2 Å². The first-order valence-electron chi connectivity index (χ1n) is 6.73. The van der Waals surface area contributed by atoms with Crippen LogP contribution in [0.25, 0.3) is 0 Å². The summed E-state index contributed by atoms with van der Waals surface area (Å²) >= 11 is 0. The van der Waals surface area contributed by atoms with Crippen molar-refractivity contribution in [1.82, 2.24) is 10.3 Å². The number of aromatic nitrogens is 1. The highest BCUT2D eigenvalue weighted by Gasteiger charge is 2.28. The first kappa shape index (κ1) is 20.0. The third-order valence-corrected chi connectivity index (χ3v) is 3.07. The van der Waals surface area contributed by atoms with E-state index in [1.54, 1.807) is 18.3 Å². The molecule has 1 heterocycles. The molecule has 0 aromatic carbocycles. The smallest absolute Gasteiger partial charge is 0.273 e. The van der Waals surface area contributed by atoms with E-state index < -0.39 is 0 Å². The first-order chi connectivity index (χ1) is 9.08. The van der Waals surface area contributed by atoms with E-state index in [9.17, 15) is 4.79 Å². The van der Waals surface area contributed by atoms with E-state index in [1.165, 1.54) is 12.8 Å². The number of carbonyl (C=O) groups is 1. The van der Waals surface area contributed by atoms with Gasteiger partial charge in [0.05, 0.1) is 6.10 Å². The van der Waals surface area contributed by atoms with E-state index in [0.29, 0.717) is 23.9 Å². The Bertz CT molecular complexity index is 454. The summed E-state index contributed by atoms with van der Waals surface area (Å²) in [5, 5.41) is 2.83. The maximum atomic E-state index is 12.1. The van der Waals surface area contributed by atoms with Gasteiger partial charge < -0.3 is 15.8 Å². The van der Waals surface area contributed by atoms with Gasteiger partial charge in [0.1, 0.15) is 0 Å². The number of rotatable bonds is 6. The van der Waals surface area contributed by atoms with Gasteiger partial charge in [0.15, 0.2) is 11.4 Å². The van der Waals surface area contributed by atoms with E-state index in [1.807, 2.05) is 13.8 Å². The van der Waals surface area contributed by atoms with Gasteiger partial charge in [-0.05, 0) is 44.7 Å². The van der Waals surface area contributed by atoms with Gasteiger partial charge in [-0.15, -0.1) is 24.8 Å². The lowest BCUT2D eigenvalue weighted by Gasteiger charge is -2.14. The second-order valence-electron chi connectivity index (χ2n) is 5.23. The quantitative estimate of drug-likeness (QED) is 0.835. The van der Waals surface area contributed by atoms with Crippen molar-refractivity contribution in [2.24, 2.45) is 11.7 Å². The van der Waals surface area contributed by atoms with E-state index in [-0.39, 0.29) is 42.9 Å². The topological polar surface area (TPSA) is 77.2 Å². The fraction of sp³-hybridized carbons (Fsp3) is 0.571. The molecule has 5 nitrogen and oxygen atoms in total. The Morgan fingerprint density at radius 2 is 2.14 bits per heavy atom. The molecule has 0 aliphatic heterocycles.